The van der Waals surface area contributed by atoms with Crippen LogP contribution in [-0.4, -0.2) is 24.4 Å². The van der Waals surface area contributed by atoms with Crippen LogP contribution < -0.4 is 5.32 Å². The largest absolute Gasteiger partial charge is 0.487 e. The SMILES string of the molecule is O=C(Nc1ccccc1-c1ccc(F)c(Cl)c1)C1=C(C(F)(F)F)OCCS1. The average molecular weight is 418 g/mol. The van der Waals surface area contributed by atoms with Gasteiger partial charge in [-0.3, -0.25) is 4.79 Å². The van der Waals surface area contributed by atoms with Gasteiger partial charge < -0.3 is 10.1 Å². The number of para-hydroxylation sites is 1. The normalized spacial score (nSPS) is 14.7. The van der Waals surface area contributed by atoms with E-state index in [1.165, 1.54) is 24.3 Å². The lowest BCUT2D eigenvalue weighted by atomic mass is 10.0. The van der Waals surface area contributed by atoms with Crippen LogP contribution in [-0.2, 0) is 9.53 Å². The van der Waals surface area contributed by atoms with Gasteiger partial charge in [0.2, 0.25) is 5.76 Å². The lowest BCUT2D eigenvalue weighted by Crippen LogP contribution is -2.26. The second-order valence-electron chi connectivity index (χ2n) is 5.48. The topological polar surface area (TPSA) is 38.3 Å². The van der Waals surface area contributed by atoms with Crippen molar-refractivity contribution in [3.63, 3.8) is 0 Å². The molecule has 0 saturated heterocycles. The number of allylic oxidation sites excluding steroid dienone is 1. The Balaban J connectivity index is 1.95. The number of benzene rings is 2. The van der Waals surface area contributed by atoms with Gasteiger partial charge in [-0.2, -0.15) is 13.2 Å². The van der Waals surface area contributed by atoms with Crippen molar-refractivity contribution in [2.24, 2.45) is 0 Å². The van der Waals surface area contributed by atoms with Crippen LogP contribution in [0.25, 0.3) is 11.1 Å². The number of anilines is 1. The molecule has 2 aromatic rings. The van der Waals surface area contributed by atoms with Crippen molar-refractivity contribution in [2.75, 3.05) is 17.7 Å². The molecular weight excluding hydrogens is 406 g/mol. The third-order valence-corrected chi connectivity index (χ3v) is 4.97. The quantitative estimate of drug-likeness (QED) is 0.658. The van der Waals surface area contributed by atoms with Crippen LogP contribution in [0.3, 0.4) is 0 Å². The summed E-state index contributed by atoms with van der Waals surface area (Å²) in [6.07, 6.45) is -4.76. The van der Waals surface area contributed by atoms with E-state index in [0.29, 0.717) is 11.1 Å². The van der Waals surface area contributed by atoms with Gasteiger partial charge in [-0.1, -0.05) is 35.9 Å². The van der Waals surface area contributed by atoms with Gasteiger partial charge in [-0.15, -0.1) is 11.8 Å². The van der Waals surface area contributed by atoms with Crippen LogP contribution >= 0.6 is 23.4 Å². The summed E-state index contributed by atoms with van der Waals surface area (Å²) in [4.78, 5) is 11.9. The van der Waals surface area contributed by atoms with Gasteiger partial charge in [-0.25, -0.2) is 4.39 Å². The molecule has 2 aromatic carbocycles. The van der Waals surface area contributed by atoms with Crippen molar-refractivity contribution in [1.82, 2.24) is 0 Å². The van der Waals surface area contributed by atoms with E-state index in [4.69, 9.17) is 11.6 Å². The van der Waals surface area contributed by atoms with Crippen molar-refractivity contribution < 1.29 is 27.1 Å². The second kappa shape index (κ2) is 7.82. The van der Waals surface area contributed by atoms with E-state index < -0.39 is 28.6 Å². The molecular formula is C18H12ClF4NO2S. The molecule has 3 rings (SSSR count). The number of alkyl halides is 3. The van der Waals surface area contributed by atoms with Crippen molar-refractivity contribution in [3.8, 4) is 11.1 Å². The molecule has 0 atom stereocenters. The minimum Gasteiger partial charge on any atom is -0.487 e. The molecule has 142 valence electrons. The van der Waals surface area contributed by atoms with E-state index in [1.54, 1.807) is 18.2 Å². The third-order valence-electron chi connectivity index (χ3n) is 3.65. The highest BCUT2D eigenvalue weighted by Crippen LogP contribution is 2.38. The first kappa shape index (κ1) is 19.6. The van der Waals surface area contributed by atoms with Crippen molar-refractivity contribution in [3.05, 3.63) is 64.0 Å². The maximum absolute atomic E-state index is 13.4. The molecule has 0 bridgehead atoms. The number of ether oxygens (including phenoxy) is 1. The summed E-state index contributed by atoms with van der Waals surface area (Å²) in [5.41, 5.74) is 1.27. The summed E-state index contributed by atoms with van der Waals surface area (Å²) in [7, 11) is 0. The number of carbonyl (C=O) groups excluding carboxylic acids is 1. The fraction of sp³-hybridized carbons (Fsp3) is 0.167. The van der Waals surface area contributed by atoms with E-state index >= 15 is 0 Å². The molecule has 0 spiro atoms. The van der Waals surface area contributed by atoms with Crippen LogP contribution in [0, 0.1) is 5.82 Å². The van der Waals surface area contributed by atoms with Crippen molar-refractivity contribution >= 4 is 35.0 Å². The fourth-order valence-electron chi connectivity index (χ4n) is 2.48. The van der Waals surface area contributed by atoms with Gasteiger partial charge in [0.1, 0.15) is 10.7 Å². The average Bonchev–Trinajstić information content (AvgIpc) is 2.64. The summed E-state index contributed by atoms with van der Waals surface area (Å²) in [6.45, 7) is -0.124. The van der Waals surface area contributed by atoms with Crippen LogP contribution in [0.1, 0.15) is 0 Å². The minimum atomic E-state index is -4.76. The molecule has 0 aromatic heterocycles. The molecule has 1 N–H and O–H groups in total. The Kier molecular flexibility index (Phi) is 5.67. The smallest absolute Gasteiger partial charge is 0.450 e. The molecule has 0 unspecified atom stereocenters. The maximum atomic E-state index is 13.4. The van der Waals surface area contributed by atoms with Crippen LogP contribution in [0.2, 0.25) is 5.02 Å². The molecule has 3 nitrogen and oxygen atoms in total. The molecule has 0 radical (unpaired) electrons. The number of halogens is 5. The summed E-state index contributed by atoms with van der Waals surface area (Å²) in [5.74, 6) is -2.58. The summed E-state index contributed by atoms with van der Waals surface area (Å²) in [6, 6.07) is 10.5. The van der Waals surface area contributed by atoms with E-state index in [9.17, 15) is 22.4 Å². The standard InChI is InChI=1S/C18H12ClF4NO2S/c19-12-9-10(5-6-13(12)20)11-3-1-2-4-14(11)24-17(25)15-16(18(21,22)23)26-7-8-27-15/h1-6,9H,7-8H2,(H,24,25). The zero-order chi connectivity index (χ0) is 19.6. The lowest BCUT2D eigenvalue weighted by molar-refractivity contribution is -0.133. The number of amides is 1. The number of rotatable bonds is 3. The first-order valence-electron chi connectivity index (χ1n) is 7.70. The minimum absolute atomic E-state index is 0.105. The predicted octanol–water partition coefficient (Wildman–Crippen LogP) is 5.62. The van der Waals surface area contributed by atoms with Crippen molar-refractivity contribution in [1.29, 1.82) is 0 Å². The Labute approximate surface area is 161 Å². The molecule has 9 heteroatoms. The maximum Gasteiger partial charge on any atom is 0.450 e. The van der Waals surface area contributed by atoms with Gasteiger partial charge in [0.25, 0.3) is 5.91 Å². The van der Waals surface area contributed by atoms with E-state index in [-0.39, 0.29) is 23.1 Å². The van der Waals surface area contributed by atoms with Crippen LogP contribution in [0.5, 0.6) is 0 Å². The zero-order valence-electron chi connectivity index (χ0n) is 13.6. The Morgan fingerprint density at radius 2 is 1.93 bits per heavy atom. The van der Waals surface area contributed by atoms with E-state index in [0.717, 1.165) is 11.8 Å². The van der Waals surface area contributed by atoms with E-state index in [1.807, 2.05) is 0 Å². The zero-order valence-corrected chi connectivity index (χ0v) is 15.1. The molecule has 0 saturated carbocycles. The summed E-state index contributed by atoms with van der Waals surface area (Å²) in [5, 5.41) is 2.38. The Bertz CT molecular complexity index is 914. The van der Waals surface area contributed by atoms with Crippen LogP contribution in [0.4, 0.5) is 23.2 Å². The van der Waals surface area contributed by atoms with Crippen molar-refractivity contribution in [2.45, 2.75) is 6.18 Å². The van der Waals surface area contributed by atoms with Gasteiger partial charge in [-0.05, 0) is 23.8 Å². The first-order valence-corrected chi connectivity index (χ1v) is 9.06. The number of thioether (sulfide) groups is 1. The van der Waals surface area contributed by atoms with Gasteiger partial charge >= 0.3 is 6.18 Å². The van der Waals surface area contributed by atoms with Gasteiger partial charge in [0, 0.05) is 17.0 Å². The molecule has 1 aliphatic heterocycles. The fourth-order valence-corrected chi connectivity index (χ4v) is 3.52. The van der Waals surface area contributed by atoms with Gasteiger partial charge in [0.15, 0.2) is 0 Å². The molecule has 1 aliphatic rings. The number of nitrogens with one attached hydrogen (secondary N) is 1. The number of hydrogen-bond acceptors (Lipinski definition) is 3. The molecule has 1 amide bonds. The summed E-state index contributed by atoms with van der Waals surface area (Å²) >= 11 is 6.58. The Morgan fingerprint density at radius 1 is 1.19 bits per heavy atom. The Morgan fingerprint density at radius 3 is 2.63 bits per heavy atom. The van der Waals surface area contributed by atoms with E-state index in [2.05, 4.69) is 10.1 Å². The molecule has 27 heavy (non-hydrogen) atoms. The lowest BCUT2D eigenvalue weighted by Gasteiger charge is -2.22. The monoisotopic (exact) mass is 417 g/mol. The van der Waals surface area contributed by atoms with Gasteiger partial charge in [0.05, 0.1) is 11.6 Å². The predicted molar refractivity (Wildman–Crippen MR) is 97.0 cm³/mol. The second-order valence-corrected chi connectivity index (χ2v) is 6.99. The highest BCUT2D eigenvalue weighted by molar-refractivity contribution is 8.04. The highest BCUT2D eigenvalue weighted by atomic mass is 35.5. The summed E-state index contributed by atoms with van der Waals surface area (Å²) < 4.78 is 57.3. The first-order chi connectivity index (χ1) is 12.8. The Hall–Kier alpha value is -2.19. The van der Waals surface area contributed by atoms with Crippen LogP contribution in [0.15, 0.2) is 53.1 Å². The third kappa shape index (κ3) is 4.39. The molecule has 0 fully saturated rings. The molecule has 0 aliphatic carbocycles. The number of carbonyl (C=O) groups is 1. The molecule has 1 heterocycles. The number of hydrogen-bond donors (Lipinski definition) is 1. The highest BCUT2D eigenvalue weighted by Gasteiger charge is 2.42.